The highest BCUT2D eigenvalue weighted by Crippen LogP contribution is 1.95. The number of hydrogen-bond acceptors (Lipinski definition) is 2. The molecule has 0 fully saturated rings. The maximum absolute atomic E-state index is 9.52. The summed E-state index contributed by atoms with van der Waals surface area (Å²) in [4.78, 5) is 0. The van der Waals surface area contributed by atoms with Crippen molar-refractivity contribution >= 4 is 11.8 Å². The van der Waals surface area contributed by atoms with Crippen LogP contribution < -0.4 is 16.2 Å². The zero-order valence-electron chi connectivity index (χ0n) is 9.62. The Morgan fingerprint density at radius 1 is 1.40 bits per heavy atom. The van der Waals surface area contributed by atoms with Gasteiger partial charge in [-0.25, -0.2) is 0 Å². The maximum atomic E-state index is 9.52. The first-order chi connectivity index (χ1) is 7.16. The van der Waals surface area contributed by atoms with Crippen molar-refractivity contribution in [2.75, 3.05) is 0 Å². The Kier molecular flexibility index (Phi) is 5.95. The molecule has 0 unspecified atom stereocenters. The van der Waals surface area contributed by atoms with Gasteiger partial charge < -0.3 is 10.8 Å². The zero-order valence-corrected chi connectivity index (χ0v) is 9.62. The Morgan fingerprint density at radius 3 is 2.47 bits per heavy atom. The van der Waals surface area contributed by atoms with Crippen molar-refractivity contribution in [1.29, 1.82) is 0 Å². The number of rotatable bonds is 1. The van der Waals surface area contributed by atoms with Crippen LogP contribution in [0, 0.1) is 0 Å². The normalized spacial score (nSPS) is 12.6. The predicted molar refractivity (Wildman–Crippen MR) is 66.6 cm³/mol. The molecular formula is C13H19NO. The molecule has 0 radical (unpaired) electrons. The third-order valence-corrected chi connectivity index (χ3v) is 1.79. The van der Waals surface area contributed by atoms with Crippen molar-refractivity contribution in [3.63, 3.8) is 0 Å². The first kappa shape index (κ1) is 13.3. The van der Waals surface area contributed by atoms with Crippen molar-refractivity contribution < 1.29 is 5.11 Å². The van der Waals surface area contributed by atoms with Gasteiger partial charge in [-0.2, -0.15) is 0 Å². The zero-order chi connectivity index (χ0) is 11.8. The molecule has 0 aliphatic rings. The van der Waals surface area contributed by atoms with E-state index in [1.165, 1.54) is 0 Å². The number of allylic oxidation sites excluding steroid dienone is 1. The van der Waals surface area contributed by atoms with E-state index in [-0.39, 0.29) is 5.75 Å². The molecule has 0 aliphatic heterocycles. The fourth-order valence-corrected chi connectivity index (χ4v) is 1.19. The van der Waals surface area contributed by atoms with E-state index in [9.17, 15) is 5.11 Å². The van der Waals surface area contributed by atoms with E-state index >= 15 is 0 Å². The summed E-state index contributed by atoms with van der Waals surface area (Å²) >= 11 is 0. The van der Waals surface area contributed by atoms with Crippen LogP contribution in [-0.2, 0) is 0 Å². The number of benzene rings is 1. The van der Waals surface area contributed by atoms with Crippen LogP contribution in [0.1, 0.15) is 20.8 Å². The molecule has 0 saturated carbocycles. The van der Waals surface area contributed by atoms with Gasteiger partial charge in [0.25, 0.3) is 0 Å². The number of phenolic OH excluding ortho intramolecular Hbond substituents is 1. The largest absolute Gasteiger partial charge is 0.507 e. The van der Waals surface area contributed by atoms with Crippen LogP contribution >= 0.6 is 0 Å². The van der Waals surface area contributed by atoms with Crippen molar-refractivity contribution in [2.24, 2.45) is 5.73 Å². The molecule has 1 aromatic carbocycles. The molecule has 0 atom stereocenters. The van der Waals surface area contributed by atoms with Gasteiger partial charge in [0.05, 0.1) is 0 Å². The monoisotopic (exact) mass is 205 g/mol. The highest BCUT2D eigenvalue weighted by Gasteiger charge is 1.93. The van der Waals surface area contributed by atoms with Crippen molar-refractivity contribution in [3.8, 4) is 5.75 Å². The van der Waals surface area contributed by atoms with Crippen LogP contribution in [0.15, 0.2) is 30.9 Å². The second-order valence-electron chi connectivity index (χ2n) is 2.82. The first-order valence-electron chi connectivity index (χ1n) is 5.04. The Bertz CT molecular complexity index is 428. The van der Waals surface area contributed by atoms with Crippen LogP contribution in [0.3, 0.4) is 0 Å². The highest BCUT2D eigenvalue weighted by atomic mass is 16.3. The lowest BCUT2D eigenvalue weighted by Crippen LogP contribution is -2.28. The Balaban J connectivity index is 0.000000921. The average molecular weight is 205 g/mol. The van der Waals surface area contributed by atoms with Crippen molar-refractivity contribution in [1.82, 2.24) is 0 Å². The molecule has 2 heteroatoms. The summed E-state index contributed by atoms with van der Waals surface area (Å²) in [6, 6.07) is 5.26. The smallest absolute Gasteiger partial charge is 0.123 e. The molecule has 0 amide bonds. The minimum Gasteiger partial charge on any atom is -0.507 e. The molecule has 82 valence electrons. The molecular weight excluding hydrogens is 186 g/mol. The second-order valence-corrected chi connectivity index (χ2v) is 2.82. The van der Waals surface area contributed by atoms with Crippen LogP contribution in [-0.4, -0.2) is 5.11 Å². The lowest BCUT2D eigenvalue weighted by Gasteiger charge is -1.96. The van der Waals surface area contributed by atoms with Gasteiger partial charge in [0, 0.05) is 16.1 Å². The van der Waals surface area contributed by atoms with Gasteiger partial charge in [0.2, 0.25) is 0 Å². The number of phenols is 1. The lowest BCUT2D eigenvalue weighted by molar-refractivity contribution is 0.470. The quantitative estimate of drug-likeness (QED) is 0.729. The minimum atomic E-state index is 0.224. The summed E-state index contributed by atoms with van der Waals surface area (Å²) in [5.41, 5.74) is 6.35. The molecule has 0 saturated heterocycles. The van der Waals surface area contributed by atoms with Crippen molar-refractivity contribution in [2.45, 2.75) is 20.8 Å². The van der Waals surface area contributed by atoms with Gasteiger partial charge >= 0.3 is 0 Å². The molecule has 0 heterocycles. The molecule has 15 heavy (non-hydrogen) atoms. The van der Waals surface area contributed by atoms with Gasteiger partial charge in [-0.15, -0.1) is 0 Å². The first-order valence-corrected chi connectivity index (χ1v) is 5.04. The fourth-order valence-electron chi connectivity index (χ4n) is 1.19. The lowest BCUT2D eigenvalue weighted by atomic mass is 10.2. The van der Waals surface area contributed by atoms with E-state index in [4.69, 9.17) is 5.73 Å². The molecule has 1 aromatic rings. The summed E-state index contributed by atoms with van der Waals surface area (Å²) in [6.45, 7) is 9.38. The highest BCUT2D eigenvalue weighted by molar-refractivity contribution is 5.47. The standard InChI is InChI=1S/C11H13NO.C2H6/c1-3-5-10-9(8(2)12)6-4-7-11(10)13;1-2/h3-7,13H,1,12H2,2H3;1-2H3/b9-8+,10-5+;. The van der Waals surface area contributed by atoms with Crippen LogP contribution in [0.2, 0.25) is 0 Å². The molecule has 2 nitrogen and oxygen atoms in total. The Labute approximate surface area is 91.1 Å². The summed E-state index contributed by atoms with van der Waals surface area (Å²) in [5.74, 6) is 0.224. The summed E-state index contributed by atoms with van der Waals surface area (Å²) in [5, 5.41) is 11.1. The van der Waals surface area contributed by atoms with Crippen molar-refractivity contribution in [3.05, 3.63) is 41.3 Å². The third-order valence-electron chi connectivity index (χ3n) is 1.79. The summed E-state index contributed by atoms with van der Waals surface area (Å²) < 4.78 is 0. The van der Waals surface area contributed by atoms with E-state index in [2.05, 4.69) is 6.58 Å². The maximum Gasteiger partial charge on any atom is 0.123 e. The molecule has 0 aromatic heterocycles. The third kappa shape index (κ3) is 3.50. The van der Waals surface area contributed by atoms with E-state index in [0.717, 1.165) is 10.4 Å². The van der Waals surface area contributed by atoms with E-state index in [1.807, 2.05) is 19.9 Å². The number of hydrogen-bond donors (Lipinski definition) is 2. The molecule has 1 rings (SSSR count). The average Bonchev–Trinajstić information content (AvgIpc) is 2.24. The van der Waals surface area contributed by atoms with E-state index < -0.39 is 0 Å². The number of nitrogens with two attached hydrogens (primary N) is 1. The Morgan fingerprint density at radius 2 is 2.00 bits per heavy atom. The topological polar surface area (TPSA) is 46.2 Å². The van der Waals surface area contributed by atoms with E-state index in [0.29, 0.717) is 5.70 Å². The Hall–Kier alpha value is -1.70. The number of aromatic hydroxyl groups is 1. The van der Waals surface area contributed by atoms with E-state index in [1.54, 1.807) is 31.2 Å². The molecule has 0 aliphatic carbocycles. The van der Waals surface area contributed by atoms with Crippen LogP contribution in [0.4, 0.5) is 0 Å². The van der Waals surface area contributed by atoms with Gasteiger partial charge in [0.15, 0.2) is 0 Å². The molecule has 0 spiro atoms. The molecule has 0 bridgehead atoms. The summed E-state index contributed by atoms with van der Waals surface area (Å²) in [7, 11) is 0. The van der Waals surface area contributed by atoms with Gasteiger partial charge in [0.1, 0.15) is 5.75 Å². The van der Waals surface area contributed by atoms with Gasteiger partial charge in [-0.05, 0) is 13.0 Å². The van der Waals surface area contributed by atoms with Gasteiger partial charge in [-0.3, -0.25) is 0 Å². The fraction of sp³-hybridized carbons (Fsp3) is 0.231. The molecule has 3 N–H and O–H groups in total. The predicted octanol–water partition coefficient (Wildman–Crippen LogP) is 1.47. The minimum absolute atomic E-state index is 0.224. The summed E-state index contributed by atoms with van der Waals surface area (Å²) in [6.07, 6.45) is 3.36. The van der Waals surface area contributed by atoms with Crippen LogP contribution in [0.25, 0.3) is 11.8 Å². The SMILES string of the molecule is C=C/C=c1/c(O)ccc/c1=C(/C)N.CC. The van der Waals surface area contributed by atoms with Crippen LogP contribution in [0.5, 0.6) is 5.75 Å². The van der Waals surface area contributed by atoms with Gasteiger partial charge in [-0.1, -0.05) is 44.7 Å². The second kappa shape index (κ2) is 6.71.